The van der Waals surface area contributed by atoms with E-state index in [4.69, 9.17) is 0 Å². The van der Waals surface area contributed by atoms with Crippen LogP contribution >= 0.6 is 0 Å². The molecule has 0 unspecified atom stereocenters. The molecule has 0 aliphatic heterocycles. The molecular weight excluding hydrogens is 240 g/mol. The van der Waals surface area contributed by atoms with E-state index in [0.29, 0.717) is 5.92 Å². The van der Waals surface area contributed by atoms with Gasteiger partial charge in [0.15, 0.2) is 0 Å². The SMILES string of the molecule is C[C]1C[C@@H](Cc2ccccc2)CC[C@@H]1c1ccccc1. The van der Waals surface area contributed by atoms with E-state index in [1.807, 2.05) is 0 Å². The second-order valence-electron chi connectivity index (χ2n) is 6.15. The van der Waals surface area contributed by atoms with Crippen LogP contribution in [0.4, 0.5) is 0 Å². The van der Waals surface area contributed by atoms with Crippen LogP contribution in [-0.4, -0.2) is 0 Å². The molecule has 0 N–H and O–H groups in total. The molecule has 20 heavy (non-hydrogen) atoms. The Hall–Kier alpha value is -1.56. The van der Waals surface area contributed by atoms with Gasteiger partial charge in [-0.3, -0.25) is 0 Å². The van der Waals surface area contributed by atoms with Crippen molar-refractivity contribution in [1.29, 1.82) is 0 Å². The number of rotatable bonds is 3. The van der Waals surface area contributed by atoms with Crippen LogP contribution in [0.1, 0.15) is 43.2 Å². The quantitative estimate of drug-likeness (QED) is 0.694. The standard InChI is InChI=1S/C20H23/c1-16-14-18(15-17-8-4-2-5-9-17)12-13-20(16)19-10-6-3-7-11-19/h2-11,18,20H,12-15H2,1H3/t18-,20-/m0/s1. The Kier molecular flexibility index (Phi) is 4.20. The minimum absolute atomic E-state index is 0.684. The molecule has 1 radical (unpaired) electrons. The Morgan fingerprint density at radius 3 is 2.15 bits per heavy atom. The molecule has 0 bridgehead atoms. The molecule has 3 rings (SSSR count). The summed E-state index contributed by atoms with van der Waals surface area (Å²) in [5.74, 6) is 3.18. The van der Waals surface area contributed by atoms with Crippen LogP contribution in [0.15, 0.2) is 60.7 Å². The van der Waals surface area contributed by atoms with E-state index < -0.39 is 0 Å². The second kappa shape index (κ2) is 6.26. The van der Waals surface area contributed by atoms with Crippen molar-refractivity contribution in [3.8, 4) is 0 Å². The lowest BCUT2D eigenvalue weighted by Gasteiger charge is -2.34. The molecule has 0 amide bonds. The van der Waals surface area contributed by atoms with Crippen molar-refractivity contribution in [2.45, 2.75) is 38.5 Å². The van der Waals surface area contributed by atoms with E-state index in [1.165, 1.54) is 36.8 Å². The lowest BCUT2D eigenvalue weighted by atomic mass is 9.71. The van der Waals surface area contributed by atoms with Gasteiger partial charge in [-0.2, -0.15) is 0 Å². The predicted octanol–water partition coefficient (Wildman–Crippen LogP) is 5.41. The third kappa shape index (κ3) is 3.12. The Morgan fingerprint density at radius 1 is 0.850 bits per heavy atom. The summed E-state index contributed by atoms with van der Waals surface area (Å²) < 4.78 is 0. The lowest BCUT2D eigenvalue weighted by molar-refractivity contribution is 0.352. The highest BCUT2D eigenvalue weighted by Gasteiger charge is 2.28. The van der Waals surface area contributed by atoms with Crippen molar-refractivity contribution in [3.05, 3.63) is 77.7 Å². The van der Waals surface area contributed by atoms with Gasteiger partial charge >= 0.3 is 0 Å². The van der Waals surface area contributed by atoms with Gasteiger partial charge in [-0.05, 0) is 54.6 Å². The molecule has 0 heterocycles. The summed E-state index contributed by atoms with van der Waals surface area (Å²) in [6.07, 6.45) is 5.19. The maximum absolute atomic E-state index is 2.36. The minimum Gasteiger partial charge on any atom is -0.0622 e. The van der Waals surface area contributed by atoms with Crippen LogP contribution in [0, 0.1) is 11.8 Å². The van der Waals surface area contributed by atoms with Crippen molar-refractivity contribution in [2.75, 3.05) is 0 Å². The molecule has 0 saturated heterocycles. The Bertz CT molecular complexity index is 514. The predicted molar refractivity (Wildman–Crippen MR) is 85.6 cm³/mol. The van der Waals surface area contributed by atoms with Crippen LogP contribution in [0.2, 0.25) is 0 Å². The van der Waals surface area contributed by atoms with Gasteiger partial charge in [-0.25, -0.2) is 0 Å². The topological polar surface area (TPSA) is 0 Å². The maximum atomic E-state index is 2.36. The third-order valence-electron chi connectivity index (χ3n) is 4.64. The molecule has 1 saturated carbocycles. The van der Waals surface area contributed by atoms with Crippen LogP contribution in [0.5, 0.6) is 0 Å². The average molecular weight is 263 g/mol. The fourth-order valence-electron chi connectivity index (χ4n) is 3.61. The number of benzene rings is 2. The summed E-state index contributed by atoms with van der Waals surface area (Å²) >= 11 is 0. The highest BCUT2D eigenvalue weighted by molar-refractivity contribution is 5.26. The highest BCUT2D eigenvalue weighted by atomic mass is 14.3. The molecule has 0 nitrogen and oxygen atoms in total. The summed E-state index contributed by atoms with van der Waals surface area (Å²) in [4.78, 5) is 0. The molecule has 2 aromatic rings. The smallest absolute Gasteiger partial charge is 0.0102 e. The summed E-state index contributed by atoms with van der Waals surface area (Å²) in [6, 6.07) is 21.9. The van der Waals surface area contributed by atoms with Gasteiger partial charge in [0.25, 0.3) is 0 Å². The maximum Gasteiger partial charge on any atom is -0.0102 e. The van der Waals surface area contributed by atoms with E-state index in [-0.39, 0.29) is 0 Å². The molecule has 0 heteroatoms. The molecule has 2 atom stereocenters. The number of hydrogen-bond acceptors (Lipinski definition) is 0. The molecular formula is C20H23. The second-order valence-corrected chi connectivity index (χ2v) is 6.15. The monoisotopic (exact) mass is 263 g/mol. The van der Waals surface area contributed by atoms with Crippen molar-refractivity contribution in [3.63, 3.8) is 0 Å². The van der Waals surface area contributed by atoms with Crippen LogP contribution in [0.3, 0.4) is 0 Å². The lowest BCUT2D eigenvalue weighted by Crippen LogP contribution is -2.21. The summed E-state index contributed by atoms with van der Waals surface area (Å²) in [7, 11) is 0. The zero-order valence-corrected chi connectivity index (χ0v) is 12.3. The van der Waals surface area contributed by atoms with Crippen molar-refractivity contribution >= 4 is 0 Å². The van der Waals surface area contributed by atoms with E-state index in [0.717, 1.165) is 5.92 Å². The fraction of sp³-hybridized carbons (Fsp3) is 0.350. The van der Waals surface area contributed by atoms with Crippen LogP contribution in [0.25, 0.3) is 0 Å². The largest absolute Gasteiger partial charge is 0.0622 e. The molecule has 1 aliphatic carbocycles. The molecule has 0 spiro atoms. The first kappa shape index (κ1) is 13.4. The van der Waals surface area contributed by atoms with Crippen molar-refractivity contribution in [1.82, 2.24) is 0 Å². The van der Waals surface area contributed by atoms with Crippen molar-refractivity contribution < 1.29 is 0 Å². The molecule has 2 aromatic carbocycles. The van der Waals surface area contributed by atoms with Gasteiger partial charge in [0.2, 0.25) is 0 Å². The van der Waals surface area contributed by atoms with Crippen molar-refractivity contribution in [2.24, 2.45) is 5.92 Å². The van der Waals surface area contributed by atoms with E-state index in [1.54, 1.807) is 5.92 Å². The molecule has 1 aliphatic rings. The average Bonchev–Trinajstić information content (AvgIpc) is 2.49. The summed E-state index contributed by atoms with van der Waals surface area (Å²) in [5, 5.41) is 0. The zero-order valence-electron chi connectivity index (χ0n) is 12.3. The van der Waals surface area contributed by atoms with Gasteiger partial charge in [-0.15, -0.1) is 0 Å². The fourth-order valence-corrected chi connectivity index (χ4v) is 3.61. The molecule has 0 aromatic heterocycles. The van der Waals surface area contributed by atoms with E-state index in [9.17, 15) is 0 Å². The van der Waals surface area contributed by atoms with Crippen LogP contribution < -0.4 is 0 Å². The summed E-state index contributed by atoms with van der Waals surface area (Å²) in [5.41, 5.74) is 2.99. The Morgan fingerprint density at radius 2 is 1.50 bits per heavy atom. The minimum atomic E-state index is 0.684. The molecule has 103 valence electrons. The first-order chi connectivity index (χ1) is 9.83. The normalized spacial score (nSPS) is 23.6. The van der Waals surface area contributed by atoms with E-state index in [2.05, 4.69) is 67.6 Å². The Labute approximate surface area is 122 Å². The van der Waals surface area contributed by atoms with Gasteiger partial charge in [-0.1, -0.05) is 67.6 Å². The van der Waals surface area contributed by atoms with Gasteiger partial charge in [0.1, 0.15) is 0 Å². The highest BCUT2D eigenvalue weighted by Crippen LogP contribution is 2.42. The molecule has 1 fully saturated rings. The van der Waals surface area contributed by atoms with Gasteiger partial charge < -0.3 is 0 Å². The first-order valence-corrected chi connectivity index (χ1v) is 7.74. The van der Waals surface area contributed by atoms with Gasteiger partial charge in [0.05, 0.1) is 0 Å². The van der Waals surface area contributed by atoms with E-state index >= 15 is 0 Å². The Balaban J connectivity index is 1.62. The third-order valence-corrected chi connectivity index (χ3v) is 4.64. The van der Waals surface area contributed by atoms with Crippen LogP contribution in [-0.2, 0) is 6.42 Å². The summed E-state index contributed by atoms with van der Waals surface area (Å²) in [6.45, 7) is 2.36. The van der Waals surface area contributed by atoms with Gasteiger partial charge in [0, 0.05) is 0 Å². The number of hydrogen-bond donors (Lipinski definition) is 0. The first-order valence-electron chi connectivity index (χ1n) is 7.74. The zero-order chi connectivity index (χ0) is 13.8.